The number of sulfonamides is 1. The molecule has 6 nitrogen and oxygen atoms in total. The van der Waals surface area contributed by atoms with E-state index in [1.54, 1.807) is 0 Å². The number of hydrogen-bond donors (Lipinski definition) is 0. The highest BCUT2D eigenvalue weighted by Crippen LogP contribution is 2.34. The fourth-order valence-corrected chi connectivity index (χ4v) is 6.53. The van der Waals surface area contributed by atoms with E-state index in [0.29, 0.717) is 53.9 Å². The second-order valence-electron chi connectivity index (χ2n) is 8.97. The van der Waals surface area contributed by atoms with Crippen LogP contribution in [0.15, 0.2) is 34.2 Å². The Labute approximate surface area is 186 Å². The SMILES string of the molecule is CCc1ccc(C2=C(C)C(N3CCCN(C(=O)CC4CCCC4)CC3)=NS2(=O)=O)cc1. The second kappa shape index (κ2) is 9.15. The molecule has 0 radical (unpaired) electrons. The average molecular weight is 444 g/mol. The maximum absolute atomic E-state index is 12.9. The van der Waals surface area contributed by atoms with Crippen LogP contribution in [0.5, 0.6) is 0 Å². The van der Waals surface area contributed by atoms with Gasteiger partial charge >= 0.3 is 0 Å². The summed E-state index contributed by atoms with van der Waals surface area (Å²) in [6.45, 7) is 6.61. The van der Waals surface area contributed by atoms with Gasteiger partial charge in [-0.2, -0.15) is 8.42 Å². The lowest BCUT2D eigenvalue weighted by Crippen LogP contribution is -2.37. The molecule has 2 fully saturated rings. The molecule has 2 aliphatic heterocycles. The van der Waals surface area contributed by atoms with Crippen molar-refractivity contribution in [2.45, 2.75) is 58.8 Å². The van der Waals surface area contributed by atoms with Gasteiger partial charge in [0, 0.05) is 38.2 Å². The third-order valence-electron chi connectivity index (χ3n) is 6.85. The average Bonchev–Trinajstić information content (AvgIpc) is 3.24. The van der Waals surface area contributed by atoms with Crippen LogP contribution in [0.1, 0.15) is 63.5 Å². The van der Waals surface area contributed by atoms with Gasteiger partial charge in [0.15, 0.2) is 0 Å². The summed E-state index contributed by atoms with van der Waals surface area (Å²) in [5.74, 6) is 1.33. The highest BCUT2D eigenvalue weighted by Gasteiger charge is 2.34. The Bertz CT molecular complexity index is 989. The van der Waals surface area contributed by atoms with Gasteiger partial charge in [-0.25, -0.2) is 0 Å². The number of nitrogens with zero attached hydrogens (tertiary/aromatic N) is 3. The molecule has 3 aliphatic rings. The normalized spacial score (nSPS) is 22.1. The van der Waals surface area contributed by atoms with Crippen molar-refractivity contribution >= 4 is 26.7 Å². The molecular weight excluding hydrogens is 410 g/mol. The molecule has 0 aromatic heterocycles. The first-order valence-corrected chi connectivity index (χ1v) is 13.0. The van der Waals surface area contributed by atoms with E-state index < -0.39 is 10.0 Å². The first-order chi connectivity index (χ1) is 14.9. The molecule has 1 amide bonds. The fourth-order valence-electron chi connectivity index (χ4n) is 5.04. The largest absolute Gasteiger partial charge is 0.354 e. The van der Waals surface area contributed by atoms with Crippen LogP contribution in [0.25, 0.3) is 4.91 Å². The topological polar surface area (TPSA) is 70.0 Å². The minimum Gasteiger partial charge on any atom is -0.354 e. The summed E-state index contributed by atoms with van der Waals surface area (Å²) in [4.78, 5) is 17.1. The highest BCUT2D eigenvalue weighted by atomic mass is 32.2. The molecule has 1 saturated heterocycles. The Balaban J connectivity index is 1.48. The van der Waals surface area contributed by atoms with E-state index in [0.717, 1.165) is 19.4 Å². The van der Waals surface area contributed by atoms with Gasteiger partial charge in [0.05, 0.1) is 0 Å². The maximum atomic E-state index is 12.9. The molecule has 0 unspecified atom stereocenters. The number of carbonyl (C=O) groups excluding carboxylic acids is 1. The minimum atomic E-state index is -3.72. The van der Waals surface area contributed by atoms with Crippen molar-refractivity contribution in [2.24, 2.45) is 10.3 Å². The van der Waals surface area contributed by atoms with E-state index in [2.05, 4.69) is 11.3 Å². The third-order valence-corrected chi connectivity index (χ3v) is 8.32. The van der Waals surface area contributed by atoms with Crippen LogP contribution in [0.4, 0.5) is 0 Å². The summed E-state index contributed by atoms with van der Waals surface area (Å²) in [5, 5.41) is 0. The minimum absolute atomic E-state index is 0.249. The van der Waals surface area contributed by atoms with E-state index in [4.69, 9.17) is 0 Å². The van der Waals surface area contributed by atoms with Crippen LogP contribution in [-0.2, 0) is 21.2 Å². The van der Waals surface area contributed by atoms with E-state index in [9.17, 15) is 13.2 Å². The maximum Gasteiger partial charge on any atom is 0.285 e. The standard InChI is InChI=1S/C24H33N3O3S/c1-3-19-9-11-21(12-10-19)23-18(2)24(25-31(23,29)30)27-14-6-13-26(15-16-27)22(28)17-20-7-4-5-8-20/h9-12,20H,3-8,13-17H2,1-2H3. The van der Waals surface area contributed by atoms with Gasteiger partial charge in [-0.1, -0.05) is 44.0 Å². The molecule has 31 heavy (non-hydrogen) atoms. The Hall–Kier alpha value is -2.15. The van der Waals surface area contributed by atoms with Crippen molar-refractivity contribution < 1.29 is 13.2 Å². The predicted molar refractivity (Wildman–Crippen MR) is 124 cm³/mol. The number of amides is 1. The van der Waals surface area contributed by atoms with Crippen LogP contribution in [-0.4, -0.2) is 56.1 Å². The molecule has 1 saturated carbocycles. The van der Waals surface area contributed by atoms with Gasteiger partial charge in [0.2, 0.25) is 5.91 Å². The Morgan fingerprint density at radius 1 is 1.03 bits per heavy atom. The van der Waals surface area contributed by atoms with Crippen molar-refractivity contribution in [3.05, 3.63) is 41.0 Å². The Morgan fingerprint density at radius 2 is 1.74 bits per heavy atom. The van der Waals surface area contributed by atoms with E-state index in [1.807, 2.05) is 41.0 Å². The molecule has 168 valence electrons. The summed E-state index contributed by atoms with van der Waals surface area (Å²) < 4.78 is 29.9. The Kier molecular flexibility index (Phi) is 6.51. The lowest BCUT2D eigenvalue weighted by molar-refractivity contribution is -0.132. The van der Waals surface area contributed by atoms with Crippen molar-refractivity contribution in [3.8, 4) is 0 Å². The number of aryl methyl sites for hydroxylation is 1. The first kappa shape index (κ1) is 22.1. The quantitative estimate of drug-likeness (QED) is 0.709. The van der Waals surface area contributed by atoms with Crippen molar-refractivity contribution in [1.29, 1.82) is 0 Å². The summed E-state index contributed by atoms with van der Waals surface area (Å²) in [6, 6.07) is 7.70. The van der Waals surface area contributed by atoms with Crippen LogP contribution in [0.3, 0.4) is 0 Å². The molecule has 0 spiro atoms. The first-order valence-electron chi connectivity index (χ1n) is 11.6. The summed E-state index contributed by atoms with van der Waals surface area (Å²) in [5.41, 5.74) is 2.57. The summed E-state index contributed by atoms with van der Waals surface area (Å²) >= 11 is 0. The second-order valence-corrected chi connectivity index (χ2v) is 10.5. The molecule has 0 bridgehead atoms. The Morgan fingerprint density at radius 3 is 2.42 bits per heavy atom. The van der Waals surface area contributed by atoms with Gasteiger partial charge in [-0.05, 0) is 49.7 Å². The predicted octanol–water partition coefficient (Wildman–Crippen LogP) is 3.84. The van der Waals surface area contributed by atoms with E-state index in [-0.39, 0.29) is 5.91 Å². The third kappa shape index (κ3) is 4.71. The van der Waals surface area contributed by atoms with E-state index in [1.165, 1.54) is 31.2 Å². The lowest BCUT2D eigenvalue weighted by atomic mass is 10.0. The van der Waals surface area contributed by atoms with Crippen LogP contribution < -0.4 is 0 Å². The summed E-state index contributed by atoms with van der Waals surface area (Å²) in [7, 11) is -3.72. The van der Waals surface area contributed by atoms with E-state index >= 15 is 0 Å². The van der Waals surface area contributed by atoms with Crippen molar-refractivity contribution in [3.63, 3.8) is 0 Å². The van der Waals surface area contributed by atoms with Crippen molar-refractivity contribution in [2.75, 3.05) is 26.2 Å². The number of hydrogen-bond acceptors (Lipinski definition) is 4. The highest BCUT2D eigenvalue weighted by molar-refractivity contribution is 8.00. The van der Waals surface area contributed by atoms with Crippen LogP contribution >= 0.6 is 0 Å². The molecule has 0 N–H and O–H groups in total. The van der Waals surface area contributed by atoms with Gasteiger partial charge in [-0.15, -0.1) is 4.40 Å². The van der Waals surface area contributed by atoms with Gasteiger partial charge < -0.3 is 9.80 Å². The smallest absolute Gasteiger partial charge is 0.285 e. The number of benzene rings is 1. The van der Waals surface area contributed by atoms with Gasteiger partial charge in [-0.3, -0.25) is 4.79 Å². The van der Waals surface area contributed by atoms with Gasteiger partial charge in [0.1, 0.15) is 10.7 Å². The molecule has 2 heterocycles. The number of rotatable bonds is 4. The number of amidine groups is 1. The van der Waals surface area contributed by atoms with Crippen molar-refractivity contribution in [1.82, 2.24) is 9.80 Å². The molecule has 7 heteroatoms. The van der Waals surface area contributed by atoms with Gasteiger partial charge in [0.25, 0.3) is 10.0 Å². The molecular formula is C24H33N3O3S. The molecule has 4 rings (SSSR count). The fraction of sp³-hybridized carbons (Fsp3) is 0.583. The zero-order chi connectivity index (χ0) is 22.0. The molecule has 1 aromatic carbocycles. The zero-order valence-corrected chi connectivity index (χ0v) is 19.5. The van der Waals surface area contributed by atoms with Crippen LogP contribution in [0, 0.1) is 5.92 Å². The molecule has 1 aromatic rings. The molecule has 0 atom stereocenters. The van der Waals surface area contributed by atoms with Crippen LogP contribution in [0.2, 0.25) is 0 Å². The zero-order valence-electron chi connectivity index (χ0n) is 18.6. The monoisotopic (exact) mass is 443 g/mol. The summed E-state index contributed by atoms with van der Waals surface area (Å²) in [6.07, 6.45) is 7.23. The lowest BCUT2D eigenvalue weighted by Gasteiger charge is -2.24. The molecule has 1 aliphatic carbocycles. The number of carbonyl (C=O) groups is 1.